The molecule has 0 saturated heterocycles. The summed E-state index contributed by atoms with van der Waals surface area (Å²) in [5.41, 5.74) is 0. The first-order chi connectivity index (χ1) is 7.36. The highest BCUT2D eigenvalue weighted by Gasteiger charge is 2.19. The molecule has 0 aliphatic heterocycles. The van der Waals surface area contributed by atoms with Crippen molar-refractivity contribution >= 4 is 25.4 Å². The molecule has 0 atom stereocenters. The lowest BCUT2D eigenvalue weighted by molar-refractivity contribution is 0.291. The molecule has 0 amide bonds. The van der Waals surface area contributed by atoms with Crippen molar-refractivity contribution in [3.63, 3.8) is 0 Å². The van der Waals surface area contributed by atoms with E-state index in [2.05, 4.69) is 11.1 Å². The number of aromatic nitrogens is 1. The van der Waals surface area contributed by atoms with Crippen LogP contribution in [0.1, 0.15) is 0 Å². The molecule has 0 N–H and O–H groups in total. The fraction of sp³-hybridized carbons (Fsp3) is 0.182. The molecule has 1 heterocycles. The number of benzene rings is 1. The van der Waals surface area contributed by atoms with Gasteiger partial charge in [0.05, 0.1) is 5.32 Å². The summed E-state index contributed by atoms with van der Waals surface area (Å²) < 4.78 is 10.6. The normalized spacial score (nSPS) is 11.1. The summed E-state index contributed by atoms with van der Waals surface area (Å²) in [6.07, 6.45) is 1.79. The third-order valence-electron chi connectivity index (χ3n) is 2.24. The average molecular weight is 218 g/mol. The van der Waals surface area contributed by atoms with Crippen LogP contribution in [0, 0.1) is 0 Å². The quantitative estimate of drug-likeness (QED) is 0.726. The molecule has 0 aliphatic carbocycles. The van der Waals surface area contributed by atoms with Gasteiger partial charge in [0.25, 0.3) is 0 Å². The van der Waals surface area contributed by atoms with Gasteiger partial charge in [-0.15, -0.1) is 0 Å². The topological polar surface area (TPSA) is 31.4 Å². The van der Waals surface area contributed by atoms with E-state index in [1.807, 2.05) is 24.3 Å². The molecule has 2 aromatic rings. The van der Waals surface area contributed by atoms with Crippen molar-refractivity contribution in [1.29, 1.82) is 0 Å². The molecule has 0 fully saturated rings. The van der Waals surface area contributed by atoms with Crippen molar-refractivity contribution in [3.8, 4) is 0 Å². The van der Waals surface area contributed by atoms with Gasteiger partial charge in [-0.1, -0.05) is 24.3 Å². The zero-order valence-electron chi connectivity index (χ0n) is 8.73. The van der Waals surface area contributed by atoms with Gasteiger partial charge < -0.3 is 8.85 Å². The Morgan fingerprint density at radius 2 is 1.80 bits per heavy atom. The second-order valence-electron chi connectivity index (χ2n) is 3.08. The van der Waals surface area contributed by atoms with Gasteiger partial charge in [0.2, 0.25) is 0 Å². The van der Waals surface area contributed by atoms with E-state index in [0.29, 0.717) is 0 Å². The van der Waals surface area contributed by atoms with Crippen LogP contribution in [0.15, 0.2) is 36.5 Å². The number of hydrogen-bond acceptors (Lipinski definition) is 3. The van der Waals surface area contributed by atoms with E-state index in [1.54, 1.807) is 20.4 Å². The second kappa shape index (κ2) is 4.52. The Hall–Kier alpha value is -1.23. The minimum Gasteiger partial charge on any atom is -0.392 e. The number of hydrogen-bond donors (Lipinski definition) is 0. The Kier molecular flexibility index (Phi) is 3.10. The standard InChI is InChI=1S/C11H12NO2Si/c1-13-15(14-2)11-10-6-4-3-5-9(10)7-8-12-11/h3-8H,1-2H3. The third-order valence-corrected chi connectivity index (χ3v) is 3.76. The average Bonchev–Trinajstić information content (AvgIpc) is 2.31. The van der Waals surface area contributed by atoms with Crippen molar-refractivity contribution in [2.75, 3.05) is 14.2 Å². The molecule has 1 aromatic heterocycles. The van der Waals surface area contributed by atoms with E-state index in [1.165, 1.54) is 5.39 Å². The molecule has 0 spiro atoms. The summed E-state index contributed by atoms with van der Waals surface area (Å²) in [6.45, 7) is 0. The molecule has 1 radical (unpaired) electrons. The van der Waals surface area contributed by atoms with Crippen LogP contribution in [-0.4, -0.2) is 28.5 Å². The molecule has 0 unspecified atom stereocenters. The molecule has 1 aromatic carbocycles. The highest BCUT2D eigenvalue weighted by Crippen LogP contribution is 2.10. The molecule has 15 heavy (non-hydrogen) atoms. The molecule has 0 bridgehead atoms. The Morgan fingerprint density at radius 3 is 2.53 bits per heavy atom. The molecular weight excluding hydrogens is 206 g/mol. The van der Waals surface area contributed by atoms with Crippen molar-refractivity contribution < 1.29 is 8.85 Å². The summed E-state index contributed by atoms with van der Waals surface area (Å²) in [5.74, 6) is 0. The maximum Gasteiger partial charge on any atom is 0.443 e. The number of fused-ring (bicyclic) bond motifs is 1. The predicted octanol–water partition coefficient (Wildman–Crippen LogP) is 1.22. The summed E-state index contributed by atoms with van der Waals surface area (Å²) in [7, 11) is 1.87. The van der Waals surface area contributed by atoms with Crippen LogP contribution < -0.4 is 5.32 Å². The van der Waals surface area contributed by atoms with Crippen LogP contribution >= 0.6 is 0 Å². The first-order valence-corrected chi connectivity index (χ1v) is 5.97. The zero-order chi connectivity index (χ0) is 10.7. The van der Waals surface area contributed by atoms with Gasteiger partial charge in [-0.25, -0.2) is 0 Å². The van der Waals surface area contributed by atoms with Crippen LogP contribution in [0.2, 0.25) is 0 Å². The van der Waals surface area contributed by atoms with Crippen LogP contribution in [0.3, 0.4) is 0 Å². The number of nitrogens with zero attached hydrogens (tertiary/aromatic N) is 1. The van der Waals surface area contributed by atoms with Crippen molar-refractivity contribution in [2.24, 2.45) is 0 Å². The van der Waals surface area contributed by atoms with Crippen LogP contribution in [0.5, 0.6) is 0 Å². The first-order valence-electron chi connectivity index (χ1n) is 4.66. The smallest absolute Gasteiger partial charge is 0.392 e. The lowest BCUT2D eigenvalue weighted by Crippen LogP contribution is -2.37. The van der Waals surface area contributed by atoms with Gasteiger partial charge in [0, 0.05) is 25.8 Å². The maximum atomic E-state index is 5.31. The highest BCUT2D eigenvalue weighted by molar-refractivity contribution is 6.63. The van der Waals surface area contributed by atoms with Gasteiger partial charge >= 0.3 is 9.28 Å². The van der Waals surface area contributed by atoms with Crippen molar-refractivity contribution in [1.82, 2.24) is 4.98 Å². The van der Waals surface area contributed by atoms with Gasteiger partial charge in [0.15, 0.2) is 0 Å². The van der Waals surface area contributed by atoms with Crippen LogP contribution in [0.25, 0.3) is 10.8 Å². The lowest BCUT2D eigenvalue weighted by atomic mass is 10.2. The van der Waals surface area contributed by atoms with E-state index in [0.717, 1.165) is 10.7 Å². The zero-order valence-corrected chi connectivity index (χ0v) is 9.73. The Bertz CT molecular complexity index is 452. The van der Waals surface area contributed by atoms with E-state index < -0.39 is 9.28 Å². The van der Waals surface area contributed by atoms with E-state index >= 15 is 0 Å². The number of rotatable bonds is 3. The van der Waals surface area contributed by atoms with E-state index in [-0.39, 0.29) is 0 Å². The van der Waals surface area contributed by atoms with Gasteiger partial charge in [-0.05, 0) is 11.5 Å². The Morgan fingerprint density at radius 1 is 1.07 bits per heavy atom. The number of pyridine rings is 1. The monoisotopic (exact) mass is 218 g/mol. The summed E-state index contributed by atoms with van der Waals surface area (Å²) in [5, 5.41) is 3.19. The second-order valence-corrected chi connectivity index (χ2v) is 4.94. The minimum atomic E-state index is -1.44. The molecular formula is C11H12NO2Si. The summed E-state index contributed by atoms with van der Waals surface area (Å²) in [4.78, 5) is 4.34. The van der Waals surface area contributed by atoms with Crippen LogP contribution in [0.4, 0.5) is 0 Å². The van der Waals surface area contributed by atoms with E-state index in [9.17, 15) is 0 Å². The Balaban J connectivity index is 2.59. The molecule has 0 saturated carbocycles. The SMILES string of the molecule is CO[Si](OC)c1nccc2ccccc12. The fourth-order valence-corrected chi connectivity index (χ4v) is 2.74. The summed E-state index contributed by atoms with van der Waals surface area (Å²) in [6, 6.07) is 10.1. The molecule has 3 nitrogen and oxygen atoms in total. The van der Waals surface area contributed by atoms with E-state index in [4.69, 9.17) is 8.85 Å². The Labute approximate surface area is 90.5 Å². The third kappa shape index (κ3) is 1.92. The van der Waals surface area contributed by atoms with Gasteiger partial charge in [-0.2, -0.15) is 0 Å². The highest BCUT2D eigenvalue weighted by atomic mass is 28.3. The fourth-order valence-electron chi connectivity index (χ4n) is 1.56. The molecule has 77 valence electrons. The molecule has 2 rings (SSSR count). The van der Waals surface area contributed by atoms with Gasteiger partial charge in [-0.3, -0.25) is 4.98 Å². The maximum absolute atomic E-state index is 5.31. The molecule has 4 heteroatoms. The van der Waals surface area contributed by atoms with Crippen molar-refractivity contribution in [3.05, 3.63) is 36.5 Å². The van der Waals surface area contributed by atoms with Crippen molar-refractivity contribution in [2.45, 2.75) is 0 Å². The minimum absolute atomic E-state index is 0.920. The van der Waals surface area contributed by atoms with Gasteiger partial charge in [0.1, 0.15) is 0 Å². The molecule has 0 aliphatic rings. The largest absolute Gasteiger partial charge is 0.443 e. The first kappa shape index (κ1) is 10.3. The summed E-state index contributed by atoms with van der Waals surface area (Å²) >= 11 is 0. The van der Waals surface area contributed by atoms with Crippen LogP contribution in [-0.2, 0) is 8.85 Å². The predicted molar refractivity (Wildman–Crippen MR) is 61.1 cm³/mol. The lowest BCUT2D eigenvalue weighted by Gasteiger charge is -2.10.